The minimum absolute atomic E-state index is 0.110. The van der Waals surface area contributed by atoms with Crippen LogP contribution in [0.2, 0.25) is 0 Å². The van der Waals surface area contributed by atoms with Crippen LogP contribution in [0.25, 0.3) is 11.0 Å². The van der Waals surface area contributed by atoms with Crippen LogP contribution in [0.5, 0.6) is 0 Å². The smallest absolute Gasteiger partial charge is 0.251 e. The van der Waals surface area contributed by atoms with Crippen molar-refractivity contribution in [2.24, 2.45) is 5.92 Å². The molecule has 0 radical (unpaired) electrons. The van der Waals surface area contributed by atoms with Crippen LogP contribution < -0.4 is 10.6 Å². The van der Waals surface area contributed by atoms with E-state index >= 15 is 0 Å². The van der Waals surface area contributed by atoms with Crippen LogP contribution in [0.1, 0.15) is 37.6 Å². The molecule has 0 saturated carbocycles. The lowest BCUT2D eigenvalue weighted by Crippen LogP contribution is -2.27. The molecule has 2 heterocycles. The Kier molecular flexibility index (Phi) is 8.09. The normalized spacial score (nSPS) is 11.2. The second kappa shape index (κ2) is 10.8. The van der Waals surface area contributed by atoms with Crippen LogP contribution in [0.4, 0.5) is 5.82 Å². The first kappa shape index (κ1) is 22.6. The van der Waals surface area contributed by atoms with E-state index in [1.807, 2.05) is 16.8 Å². The first-order valence-corrected chi connectivity index (χ1v) is 11.9. The van der Waals surface area contributed by atoms with E-state index in [4.69, 9.17) is 9.97 Å². The fourth-order valence-corrected chi connectivity index (χ4v) is 3.89. The first-order valence-electron chi connectivity index (χ1n) is 10.1. The average molecular weight is 491 g/mol. The molecule has 7 nitrogen and oxygen atoms in total. The van der Waals surface area contributed by atoms with E-state index in [0.717, 1.165) is 45.2 Å². The van der Waals surface area contributed by atoms with Crippen LogP contribution in [-0.2, 0) is 6.54 Å². The maximum atomic E-state index is 12.4. The number of rotatable bonds is 10. The molecule has 0 spiro atoms. The number of hydrogen-bond acceptors (Lipinski definition) is 6. The summed E-state index contributed by atoms with van der Waals surface area (Å²) in [6.45, 7) is 8.28. The summed E-state index contributed by atoms with van der Waals surface area (Å²) in [6, 6.07) is 7.33. The van der Waals surface area contributed by atoms with Crippen molar-refractivity contribution in [2.45, 2.75) is 38.9 Å². The predicted octanol–water partition coefficient (Wildman–Crippen LogP) is 4.59. The van der Waals surface area contributed by atoms with Crippen LogP contribution in [0.15, 0.2) is 40.1 Å². The molecule has 3 aromatic rings. The molecular formula is C21H27BrN6OS. The Morgan fingerprint density at radius 2 is 2.13 bits per heavy atom. The molecule has 160 valence electrons. The Morgan fingerprint density at radius 3 is 2.87 bits per heavy atom. The van der Waals surface area contributed by atoms with Crippen LogP contribution in [0.3, 0.4) is 0 Å². The number of hydrogen-bond donors (Lipinski definition) is 2. The van der Waals surface area contributed by atoms with Gasteiger partial charge in [-0.3, -0.25) is 4.79 Å². The van der Waals surface area contributed by atoms with Crippen molar-refractivity contribution >= 4 is 50.5 Å². The predicted molar refractivity (Wildman–Crippen MR) is 126 cm³/mol. The number of carbonyl (C=O) groups is 1. The highest BCUT2D eigenvalue weighted by Gasteiger charge is 2.14. The van der Waals surface area contributed by atoms with Gasteiger partial charge in [0.15, 0.2) is 10.8 Å². The number of benzene rings is 1. The van der Waals surface area contributed by atoms with Gasteiger partial charge in [-0.1, -0.05) is 54.5 Å². The zero-order chi connectivity index (χ0) is 21.5. The lowest BCUT2D eigenvalue weighted by molar-refractivity contribution is 0.0952. The summed E-state index contributed by atoms with van der Waals surface area (Å²) in [4.78, 5) is 21.8. The summed E-state index contributed by atoms with van der Waals surface area (Å²) < 4.78 is 2.71. The van der Waals surface area contributed by atoms with Crippen molar-refractivity contribution in [2.75, 3.05) is 24.2 Å². The number of anilines is 1. The van der Waals surface area contributed by atoms with E-state index in [2.05, 4.69) is 52.4 Å². The van der Waals surface area contributed by atoms with E-state index in [1.54, 1.807) is 30.1 Å². The minimum Gasteiger partial charge on any atom is -0.369 e. The van der Waals surface area contributed by atoms with Gasteiger partial charge in [0.05, 0.1) is 18.1 Å². The van der Waals surface area contributed by atoms with Gasteiger partial charge >= 0.3 is 0 Å². The Bertz CT molecular complexity index is 1010. The fraction of sp³-hybridized carbons (Fsp3) is 0.429. The maximum Gasteiger partial charge on any atom is 0.251 e. The highest BCUT2D eigenvalue weighted by molar-refractivity contribution is 9.10. The van der Waals surface area contributed by atoms with Crippen molar-refractivity contribution in [3.8, 4) is 0 Å². The minimum atomic E-state index is -0.110. The molecule has 0 fully saturated rings. The Hall–Kier alpha value is -2.13. The molecular weight excluding hydrogens is 464 g/mol. The number of halogens is 1. The molecule has 0 aliphatic heterocycles. The third-order valence-corrected chi connectivity index (χ3v) is 5.83. The average Bonchev–Trinajstić information content (AvgIpc) is 3.13. The van der Waals surface area contributed by atoms with Gasteiger partial charge in [-0.05, 0) is 30.5 Å². The molecule has 0 unspecified atom stereocenters. The van der Waals surface area contributed by atoms with Crippen LogP contribution in [-0.4, -0.2) is 44.5 Å². The van der Waals surface area contributed by atoms with Gasteiger partial charge in [-0.25, -0.2) is 14.6 Å². The molecule has 30 heavy (non-hydrogen) atoms. The number of thioether (sulfide) groups is 1. The van der Waals surface area contributed by atoms with Gasteiger partial charge in [0.1, 0.15) is 5.82 Å². The van der Waals surface area contributed by atoms with Gasteiger partial charge in [0.2, 0.25) is 0 Å². The Balaban J connectivity index is 1.74. The molecule has 2 aromatic heterocycles. The zero-order valence-electron chi connectivity index (χ0n) is 17.5. The van der Waals surface area contributed by atoms with Crippen molar-refractivity contribution in [3.63, 3.8) is 0 Å². The lowest BCUT2D eigenvalue weighted by atomic mass is 10.2. The molecule has 0 aliphatic rings. The highest BCUT2D eigenvalue weighted by Crippen LogP contribution is 2.25. The Morgan fingerprint density at radius 1 is 1.30 bits per heavy atom. The first-order chi connectivity index (χ1) is 14.5. The van der Waals surface area contributed by atoms with Crippen molar-refractivity contribution in [1.82, 2.24) is 25.1 Å². The topological polar surface area (TPSA) is 84.7 Å². The van der Waals surface area contributed by atoms with E-state index in [0.29, 0.717) is 24.6 Å². The van der Waals surface area contributed by atoms with E-state index in [-0.39, 0.29) is 5.91 Å². The summed E-state index contributed by atoms with van der Waals surface area (Å²) in [5.41, 5.74) is 1.40. The van der Waals surface area contributed by atoms with E-state index in [1.165, 1.54) is 0 Å². The molecule has 0 saturated heterocycles. The molecule has 9 heteroatoms. The second-order valence-electron chi connectivity index (χ2n) is 7.35. The SMILES string of the molecule is CCCSc1nc(NCC(C)C)c2cnn(CCNC(=O)c3cccc(Br)c3)c2n1. The molecule has 3 rings (SSSR count). The Labute approximate surface area is 189 Å². The number of nitrogens with zero attached hydrogens (tertiary/aromatic N) is 4. The summed E-state index contributed by atoms with van der Waals surface area (Å²) in [5.74, 6) is 2.18. The van der Waals surface area contributed by atoms with Gasteiger partial charge in [-0.15, -0.1) is 0 Å². The number of nitrogens with one attached hydrogen (secondary N) is 2. The van der Waals surface area contributed by atoms with Crippen LogP contribution in [0, 0.1) is 5.92 Å². The number of aromatic nitrogens is 4. The standard InChI is InChI=1S/C21H27BrN6OS/c1-4-10-30-21-26-18(24-12-14(2)3)17-13-25-28(19(17)27-21)9-8-23-20(29)15-6-5-7-16(22)11-15/h5-7,11,13-14H,4,8-10,12H2,1-3H3,(H,23,29)(H,24,26,27). The van der Waals surface area contributed by atoms with Gasteiger partial charge in [-0.2, -0.15) is 5.10 Å². The van der Waals surface area contributed by atoms with E-state index < -0.39 is 0 Å². The second-order valence-corrected chi connectivity index (χ2v) is 9.33. The monoisotopic (exact) mass is 490 g/mol. The third kappa shape index (κ3) is 5.95. The van der Waals surface area contributed by atoms with Gasteiger partial charge < -0.3 is 10.6 Å². The van der Waals surface area contributed by atoms with Crippen molar-refractivity contribution < 1.29 is 4.79 Å². The zero-order valence-corrected chi connectivity index (χ0v) is 19.9. The van der Waals surface area contributed by atoms with E-state index in [9.17, 15) is 4.79 Å². The largest absolute Gasteiger partial charge is 0.369 e. The highest BCUT2D eigenvalue weighted by atomic mass is 79.9. The number of amides is 1. The third-order valence-electron chi connectivity index (χ3n) is 4.28. The van der Waals surface area contributed by atoms with Gasteiger partial charge in [0, 0.05) is 28.9 Å². The quantitative estimate of drug-likeness (QED) is 0.319. The molecule has 0 aliphatic carbocycles. The number of carbonyl (C=O) groups excluding carboxylic acids is 1. The molecule has 0 atom stereocenters. The number of fused-ring (bicyclic) bond motifs is 1. The lowest BCUT2D eigenvalue weighted by Gasteiger charge is -2.11. The summed E-state index contributed by atoms with van der Waals surface area (Å²) in [7, 11) is 0. The molecule has 2 N–H and O–H groups in total. The molecule has 0 bridgehead atoms. The van der Waals surface area contributed by atoms with Crippen molar-refractivity contribution in [1.29, 1.82) is 0 Å². The fourth-order valence-electron chi connectivity index (χ4n) is 2.80. The summed E-state index contributed by atoms with van der Waals surface area (Å²) in [5, 5.41) is 12.5. The van der Waals surface area contributed by atoms with Crippen LogP contribution >= 0.6 is 27.7 Å². The molecule has 1 amide bonds. The van der Waals surface area contributed by atoms with Crippen molar-refractivity contribution in [3.05, 3.63) is 40.5 Å². The maximum absolute atomic E-state index is 12.4. The summed E-state index contributed by atoms with van der Waals surface area (Å²) in [6.07, 6.45) is 2.85. The molecule has 1 aromatic carbocycles. The van der Waals surface area contributed by atoms with Gasteiger partial charge in [0.25, 0.3) is 5.91 Å². The summed E-state index contributed by atoms with van der Waals surface area (Å²) >= 11 is 5.04.